The average molecular weight is 438 g/mol. The van der Waals surface area contributed by atoms with Crippen LogP contribution in [0.5, 0.6) is 0 Å². The zero-order valence-corrected chi connectivity index (χ0v) is 19.7. The number of rotatable bonds is 6. The van der Waals surface area contributed by atoms with Crippen molar-refractivity contribution in [3.63, 3.8) is 0 Å². The summed E-state index contributed by atoms with van der Waals surface area (Å²) < 4.78 is 2.02. The molecule has 0 bridgehead atoms. The third kappa shape index (κ3) is 4.17. The van der Waals surface area contributed by atoms with Crippen LogP contribution in [0.4, 0.5) is 0 Å². The van der Waals surface area contributed by atoms with E-state index < -0.39 is 5.41 Å². The predicted molar refractivity (Wildman–Crippen MR) is 123 cm³/mol. The predicted octanol–water partition coefficient (Wildman–Crippen LogP) is 3.64. The summed E-state index contributed by atoms with van der Waals surface area (Å²) in [4.78, 5) is 35.3. The number of carbonyl (C=O) groups excluding carboxylic acids is 2. The molecule has 2 fully saturated rings. The number of pyridine rings is 1. The van der Waals surface area contributed by atoms with Gasteiger partial charge in [-0.2, -0.15) is 5.10 Å². The number of piperidine rings is 1. The molecule has 0 aliphatic carbocycles. The Balaban J connectivity index is 1.69. The van der Waals surface area contributed by atoms with E-state index in [9.17, 15) is 9.59 Å². The zero-order valence-electron chi connectivity index (χ0n) is 19.7. The van der Waals surface area contributed by atoms with E-state index in [1.807, 2.05) is 45.1 Å². The summed E-state index contributed by atoms with van der Waals surface area (Å²) in [6, 6.07) is 6.16. The number of aromatic nitrogens is 3. The maximum atomic E-state index is 14.1. The Morgan fingerprint density at radius 3 is 2.72 bits per heavy atom. The molecule has 0 aromatic carbocycles. The van der Waals surface area contributed by atoms with Crippen molar-refractivity contribution in [2.24, 2.45) is 11.3 Å². The first-order valence-electron chi connectivity index (χ1n) is 11.8. The fraction of sp³-hybridized carbons (Fsp3) is 0.600. The van der Waals surface area contributed by atoms with Crippen molar-refractivity contribution in [3.8, 4) is 0 Å². The Morgan fingerprint density at radius 1 is 1.22 bits per heavy atom. The Hall–Kier alpha value is -2.70. The first-order valence-corrected chi connectivity index (χ1v) is 11.8. The van der Waals surface area contributed by atoms with Gasteiger partial charge in [0.1, 0.15) is 0 Å². The smallest absolute Gasteiger partial charge is 0.231 e. The van der Waals surface area contributed by atoms with Crippen molar-refractivity contribution in [2.75, 3.05) is 19.6 Å². The molecule has 4 rings (SSSR count). The first kappa shape index (κ1) is 22.5. The van der Waals surface area contributed by atoms with Crippen molar-refractivity contribution < 1.29 is 9.59 Å². The molecule has 0 N–H and O–H groups in total. The Morgan fingerprint density at radius 2 is 2.03 bits per heavy atom. The van der Waals surface area contributed by atoms with Gasteiger partial charge >= 0.3 is 0 Å². The molecule has 0 saturated carbocycles. The average Bonchev–Trinajstić information content (AvgIpc) is 3.37. The van der Waals surface area contributed by atoms with E-state index in [4.69, 9.17) is 0 Å². The summed E-state index contributed by atoms with van der Waals surface area (Å²) in [6.45, 7) is 10.7. The van der Waals surface area contributed by atoms with Crippen molar-refractivity contribution in [1.82, 2.24) is 24.6 Å². The second-order valence-electron chi connectivity index (χ2n) is 10.1. The minimum Gasteiger partial charge on any atom is -0.341 e. The molecule has 2 atom stereocenters. The van der Waals surface area contributed by atoms with Crippen LogP contribution in [0, 0.1) is 11.3 Å². The van der Waals surface area contributed by atoms with Crippen molar-refractivity contribution in [3.05, 3.63) is 48.0 Å². The lowest BCUT2D eigenvalue weighted by molar-refractivity contribution is -0.147. The summed E-state index contributed by atoms with van der Waals surface area (Å²) in [5.41, 5.74) is 1.50. The summed E-state index contributed by atoms with van der Waals surface area (Å²) >= 11 is 0. The number of amides is 2. The highest BCUT2D eigenvalue weighted by Gasteiger charge is 2.57. The normalized spacial score (nSPS) is 23.7. The molecule has 2 aromatic heterocycles. The van der Waals surface area contributed by atoms with E-state index in [2.05, 4.69) is 37.8 Å². The largest absolute Gasteiger partial charge is 0.341 e. The molecule has 7 nitrogen and oxygen atoms in total. The van der Waals surface area contributed by atoms with Gasteiger partial charge in [-0.15, -0.1) is 0 Å². The molecule has 2 aliphatic heterocycles. The summed E-state index contributed by atoms with van der Waals surface area (Å²) in [5.74, 6) is 0.555. The molecular formula is C25H35N5O2. The number of likely N-dealkylation sites (tertiary alicyclic amines) is 2. The van der Waals surface area contributed by atoms with Gasteiger partial charge in [0.05, 0.1) is 5.41 Å². The van der Waals surface area contributed by atoms with Crippen LogP contribution in [0.25, 0.3) is 0 Å². The van der Waals surface area contributed by atoms with Gasteiger partial charge in [0, 0.05) is 68.8 Å². The molecule has 2 amide bonds. The summed E-state index contributed by atoms with van der Waals surface area (Å²) in [6.07, 6.45) is 7.65. The van der Waals surface area contributed by atoms with Gasteiger partial charge in [-0.05, 0) is 50.3 Å². The first-order chi connectivity index (χ1) is 15.3. The fourth-order valence-electron chi connectivity index (χ4n) is 5.43. The van der Waals surface area contributed by atoms with Crippen LogP contribution in [0.3, 0.4) is 0 Å². The van der Waals surface area contributed by atoms with Crippen molar-refractivity contribution >= 4 is 11.8 Å². The van der Waals surface area contributed by atoms with E-state index in [0.717, 1.165) is 30.6 Å². The second kappa shape index (κ2) is 9.04. The molecule has 0 unspecified atom stereocenters. The van der Waals surface area contributed by atoms with Crippen LogP contribution >= 0.6 is 0 Å². The van der Waals surface area contributed by atoms with E-state index in [-0.39, 0.29) is 23.8 Å². The fourth-order valence-corrected chi connectivity index (χ4v) is 5.43. The Labute approximate surface area is 190 Å². The van der Waals surface area contributed by atoms with Crippen LogP contribution < -0.4 is 0 Å². The lowest BCUT2D eigenvalue weighted by atomic mass is 9.70. The van der Waals surface area contributed by atoms with E-state index in [1.54, 1.807) is 6.20 Å². The van der Waals surface area contributed by atoms with Crippen molar-refractivity contribution in [1.29, 1.82) is 0 Å². The van der Waals surface area contributed by atoms with Gasteiger partial charge in [-0.25, -0.2) is 0 Å². The van der Waals surface area contributed by atoms with E-state index in [1.165, 1.54) is 0 Å². The topological polar surface area (TPSA) is 71.3 Å². The van der Waals surface area contributed by atoms with Crippen LogP contribution in [0.2, 0.25) is 0 Å². The van der Waals surface area contributed by atoms with Crippen molar-refractivity contribution in [2.45, 2.75) is 65.5 Å². The van der Waals surface area contributed by atoms with Gasteiger partial charge in [-0.3, -0.25) is 19.3 Å². The van der Waals surface area contributed by atoms with Gasteiger partial charge in [0.15, 0.2) is 0 Å². The number of hydrogen-bond donors (Lipinski definition) is 0. The molecule has 172 valence electrons. The molecule has 0 radical (unpaired) electrons. The maximum Gasteiger partial charge on any atom is 0.231 e. The van der Waals surface area contributed by atoms with Crippen LogP contribution in [0.1, 0.15) is 70.2 Å². The molecule has 32 heavy (non-hydrogen) atoms. The summed E-state index contributed by atoms with van der Waals surface area (Å²) in [7, 11) is 0. The quantitative estimate of drug-likeness (QED) is 0.692. The Kier molecular flexibility index (Phi) is 6.35. The molecule has 4 heterocycles. The van der Waals surface area contributed by atoms with E-state index in [0.29, 0.717) is 32.0 Å². The number of carbonyl (C=O) groups is 2. The van der Waals surface area contributed by atoms with Gasteiger partial charge < -0.3 is 9.80 Å². The van der Waals surface area contributed by atoms with Gasteiger partial charge in [0.2, 0.25) is 11.8 Å². The zero-order chi connectivity index (χ0) is 22.9. The lowest BCUT2D eigenvalue weighted by Gasteiger charge is -2.42. The lowest BCUT2D eigenvalue weighted by Crippen LogP contribution is -2.52. The van der Waals surface area contributed by atoms with Crippen LogP contribution in [-0.4, -0.2) is 56.0 Å². The van der Waals surface area contributed by atoms with Gasteiger partial charge in [0.25, 0.3) is 0 Å². The summed E-state index contributed by atoms with van der Waals surface area (Å²) in [5, 5.41) is 4.55. The maximum absolute atomic E-state index is 14.1. The number of nitrogens with zero attached hydrogens (tertiary/aromatic N) is 5. The van der Waals surface area contributed by atoms with Gasteiger partial charge in [-0.1, -0.05) is 19.9 Å². The monoisotopic (exact) mass is 437 g/mol. The minimum atomic E-state index is -0.597. The molecule has 2 saturated heterocycles. The molecule has 1 spiro atoms. The minimum absolute atomic E-state index is 0.0484. The second-order valence-corrected chi connectivity index (χ2v) is 10.1. The van der Waals surface area contributed by atoms with E-state index >= 15 is 0 Å². The highest BCUT2D eigenvalue weighted by Crippen LogP contribution is 2.50. The highest BCUT2D eigenvalue weighted by atomic mass is 16.2. The van der Waals surface area contributed by atoms with Crippen LogP contribution in [-0.2, 0) is 16.1 Å². The SMILES string of the molecule is CC(C)CC(=O)N1C[C@@H](c2ccnn2C(C)C)[C@@]2(CCCN(Cc3cccnc3)C2=O)C1. The highest BCUT2D eigenvalue weighted by molar-refractivity contribution is 5.87. The Bertz CT molecular complexity index is 954. The standard InChI is InChI=1S/C25H35N5O2/c1-18(2)13-23(31)29-16-21(22-8-11-27-30(22)19(3)4)25(17-29)9-6-12-28(24(25)32)15-20-7-5-10-26-14-20/h5,7-8,10-11,14,18-19,21H,6,9,12-13,15-17H2,1-4H3/t21-,25+/m0/s1. The van der Waals surface area contributed by atoms with Crippen LogP contribution in [0.15, 0.2) is 36.8 Å². The molecular weight excluding hydrogens is 402 g/mol. The third-order valence-electron chi connectivity index (χ3n) is 6.89. The number of hydrogen-bond acceptors (Lipinski definition) is 4. The third-order valence-corrected chi connectivity index (χ3v) is 6.89. The molecule has 2 aliphatic rings. The molecule has 7 heteroatoms. The molecule has 2 aromatic rings.